The van der Waals surface area contributed by atoms with E-state index < -0.39 is 0 Å². The minimum atomic E-state index is -0.209. The SMILES string of the molecule is CCCCn1c(-c2ccc(NC(=O)NCC)cc2)c(N)c2ccc(OC)cc21. The number of hydrogen-bond acceptors (Lipinski definition) is 3. The Balaban J connectivity index is 2.03. The molecule has 1 aromatic heterocycles. The zero-order valence-corrected chi connectivity index (χ0v) is 16.7. The van der Waals surface area contributed by atoms with Crippen LogP contribution in [0, 0.1) is 0 Å². The van der Waals surface area contributed by atoms with Crippen LogP contribution < -0.4 is 21.1 Å². The number of hydrogen-bond donors (Lipinski definition) is 3. The zero-order valence-electron chi connectivity index (χ0n) is 16.7. The first-order valence-electron chi connectivity index (χ1n) is 9.70. The zero-order chi connectivity index (χ0) is 20.1. The fraction of sp³-hybridized carbons (Fsp3) is 0.318. The number of carbonyl (C=O) groups is 1. The van der Waals surface area contributed by atoms with Gasteiger partial charge in [0, 0.05) is 35.8 Å². The van der Waals surface area contributed by atoms with Crippen LogP contribution >= 0.6 is 0 Å². The number of nitrogen functional groups attached to an aromatic ring is 1. The maximum Gasteiger partial charge on any atom is 0.319 e. The summed E-state index contributed by atoms with van der Waals surface area (Å²) < 4.78 is 7.68. The molecular weight excluding hydrogens is 352 g/mol. The average molecular weight is 380 g/mol. The lowest BCUT2D eigenvalue weighted by atomic mass is 10.1. The number of nitrogens with one attached hydrogen (secondary N) is 2. The summed E-state index contributed by atoms with van der Waals surface area (Å²) in [6, 6.07) is 13.6. The summed E-state index contributed by atoms with van der Waals surface area (Å²) in [5.74, 6) is 0.816. The molecule has 0 unspecified atom stereocenters. The Hall–Kier alpha value is -3.15. The van der Waals surface area contributed by atoms with Crippen molar-refractivity contribution in [2.45, 2.75) is 33.2 Å². The molecule has 6 heteroatoms. The van der Waals surface area contributed by atoms with Crippen LogP contribution in [0.4, 0.5) is 16.2 Å². The molecule has 0 aliphatic carbocycles. The highest BCUT2D eigenvalue weighted by Crippen LogP contribution is 2.38. The van der Waals surface area contributed by atoms with Crippen molar-refractivity contribution in [1.82, 2.24) is 9.88 Å². The van der Waals surface area contributed by atoms with E-state index in [-0.39, 0.29) is 6.03 Å². The topological polar surface area (TPSA) is 81.3 Å². The lowest BCUT2D eigenvalue weighted by Gasteiger charge is -2.12. The predicted octanol–water partition coefficient (Wildman–Crippen LogP) is 4.84. The molecule has 3 rings (SSSR count). The normalized spacial score (nSPS) is 10.8. The number of anilines is 2. The van der Waals surface area contributed by atoms with Crippen LogP contribution in [-0.2, 0) is 6.54 Å². The Labute approximate surface area is 165 Å². The Morgan fingerprint density at radius 1 is 1.14 bits per heavy atom. The summed E-state index contributed by atoms with van der Waals surface area (Å²) >= 11 is 0. The third kappa shape index (κ3) is 3.91. The van der Waals surface area contributed by atoms with Crippen LogP contribution in [0.1, 0.15) is 26.7 Å². The summed E-state index contributed by atoms with van der Waals surface area (Å²) in [5, 5.41) is 6.57. The van der Waals surface area contributed by atoms with Gasteiger partial charge in [-0.3, -0.25) is 0 Å². The average Bonchev–Trinajstić information content (AvgIpc) is 2.98. The summed E-state index contributed by atoms with van der Waals surface area (Å²) in [6.45, 7) is 5.53. The van der Waals surface area contributed by atoms with Crippen LogP contribution in [0.15, 0.2) is 42.5 Å². The Kier molecular flexibility index (Phi) is 6.09. The van der Waals surface area contributed by atoms with Crippen LogP contribution in [0.25, 0.3) is 22.2 Å². The van der Waals surface area contributed by atoms with E-state index in [9.17, 15) is 4.79 Å². The molecule has 0 spiro atoms. The van der Waals surface area contributed by atoms with Gasteiger partial charge >= 0.3 is 6.03 Å². The van der Waals surface area contributed by atoms with Crippen molar-refractivity contribution in [3.63, 3.8) is 0 Å². The maximum atomic E-state index is 11.7. The quantitative estimate of drug-likeness (QED) is 0.548. The first kappa shape index (κ1) is 19.6. The van der Waals surface area contributed by atoms with Crippen LogP contribution in [0.5, 0.6) is 5.75 Å². The second-order valence-electron chi connectivity index (χ2n) is 6.71. The van der Waals surface area contributed by atoms with E-state index in [0.29, 0.717) is 6.54 Å². The van der Waals surface area contributed by atoms with Gasteiger partial charge in [-0.1, -0.05) is 25.5 Å². The molecule has 2 aromatic carbocycles. The number of carbonyl (C=O) groups excluding carboxylic acids is 1. The number of amides is 2. The lowest BCUT2D eigenvalue weighted by molar-refractivity contribution is 0.252. The number of ether oxygens (including phenoxy) is 1. The second kappa shape index (κ2) is 8.69. The van der Waals surface area contributed by atoms with Crippen molar-refractivity contribution in [3.05, 3.63) is 42.5 Å². The first-order valence-corrected chi connectivity index (χ1v) is 9.70. The number of urea groups is 1. The molecule has 28 heavy (non-hydrogen) atoms. The molecule has 3 aromatic rings. The third-order valence-electron chi connectivity index (χ3n) is 4.80. The number of nitrogens with two attached hydrogens (primary N) is 1. The molecule has 1 heterocycles. The number of methoxy groups -OCH3 is 1. The molecule has 0 bridgehead atoms. The summed E-state index contributed by atoms with van der Waals surface area (Å²) in [6.07, 6.45) is 2.16. The number of aromatic nitrogens is 1. The molecule has 0 fully saturated rings. The summed E-state index contributed by atoms with van der Waals surface area (Å²) in [5.41, 5.74) is 11.1. The molecule has 2 amide bonds. The van der Waals surface area contributed by atoms with E-state index >= 15 is 0 Å². The van der Waals surface area contributed by atoms with Crippen LogP contribution in [0.3, 0.4) is 0 Å². The molecule has 6 nitrogen and oxygen atoms in total. The van der Waals surface area contributed by atoms with E-state index in [1.54, 1.807) is 7.11 Å². The van der Waals surface area contributed by atoms with Gasteiger partial charge < -0.3 is 25.7 Å². The molecular formula is C22H28N4O2. The maximum absolute atomic E-state index is 11.7. The van der Waals surface area contributed by atoms with Gasteiger partial charge in [-0.2, -0.15) is 0 Å². The fourth-order valence-corrected chi connectivity index (χ4v) is 3.39. The Morgan fingerprint density at radius 3 is 2.54 bits per heavy atom. The monoisotopic (exact) mass is 380 g/mol. The Morgan fingerprint density at radius 2 is 1.89 bits per heavy atom. The minimum absolute atomic E-state index is 0.209. The van der Waals surface area contributed by atoms with Crippen LogP contribution in [0.2, 0.25) is 0 Å². The van der Waals surface area contributed by atoms with Crippen molar-refractivity contribution in [2.24, 2.45) is 0 Å². The molecule has 0 saturated carbocycles. The molecule has 148 valence electrons. The highest BCUT2D eigenvalue weighted by molar-refractivity contribution is 6.01. The van der Waals surface area contributed by atoms with E-state index in [2.05, 4.69) is 22.1 Å². The van der Waals surface area contributed by atoms with Gasteiger partial charge in [0.25, 0.3) is 0 Å². The molecule has 0 radical (unpaired) electrons. The van der Waals surface area contributed by atoms with Gasteiger partial charge in [0.1, 0.15) is 5.75 Å². The number of rotatable bonds is 7. The Bertz CT molecular complexity index is 961. The minimum Gasteiger partial charge on any atom is -0.497 e. The van der Waals surface area contributed by atoms with Gasteiger partial charge in [0.15, 0.2) is 0 Å². The van der Waals surface area contributed by atoms with Crippen molar-refractivity contribution >= 4 is 28.3 Å². The molecule has 0 saturated heterocycles. The fourth-order valence-electron chi connectivity index (χ4n) is 3.39. The molecule has 0 aliphatic heterocycles. The number of nitrogens with zero attached hydrogens (tertiary/aromatic N) is 1. The summed E-state index contributed by atoms with van der Waals surface area (Å²) in [4.78, 5) is 11.7. The summed E-state index contributed by atoms with van der Waals surface area (Å²) in [7, 11) is 1.67. The van der Waals surface area contributed by atoms with E-state index in [4.69, 9.17) is 10.5 Å². The van der Waals surface area contributed by atoms with E-state index in [0.717, 1.165) is 58.7 Å². The predicted molar refractivity (Wildman–Crippen MR) is 116 cm³/mol. The van der Waals surface area contributed by atoms with Gasteiger partial charge in [-0.15, -0.1) is 0 Å². The molecule has 0 atom stereocenters. The van der Waals surface area contributed by atoms with Gasteiger partial charge in [-0.05, 0) is 37.6 Å². The number of benzene rings is 2. The first-order chi connectivity index (χ1) is 13.6. The van der Waals surface area contributed by atoms with E-state index in [1.807, 2.05) is 49.4 Å². The molecule has 4 N–H and O–H groups in total. The van der Waals surface area contributed by atoms with Crippen molar-refractivity contribution in [1.29, 1.82) is 0 Å². The largest absolute Gasteiger partial charge is 0.497 e. The van der Waals surface area contributed by atoms with Crippen molar-refractivity contribution in [2.75, 3.05) is 24.7 Å². The smallest absolute Gasteiger partial charge is 0.319 e. The lowest BCUT2D eigenvalue weighted by Crippen LogP contribution is -2.28. The van der Waals surface area contributed by atoms with Crippen molar-refractivity contribution < 1.29 is 9.53 Å². The van der Waals surface area contributed by atoms with Gasteiger partial charge in [-0.25, -0.2) is 4.79 Å². The molecule has 0 aliphatic rings. The second-order valence-corrected chi connectivity index (χ2v) is 6.71. The van der Waals surface area contributed by atoms with Gasteiger partial charge in [0.2, 0.25) is 0 Å². The van der Waals surface area contributed by atoms with Crippen molar-refractivity contribution in [3.8, 4) is 17.0 Å². The van der Waals surface area contributed by atoms with E-state index in [1.165, 1.54) is 0 Å². The number of fused-ring (bicyclic) bond motifs is 1. The third-order valence-corrected chi connectivity index (χ3v) is 4.80. The van der Waals surface area contributed by atoms with Crippen LogP contribution in [-0.4, -0.2) is 24.3 Å². The number of unbranched alkanes of at least 4 members (excludes halogenated alkanes) is 1. The van der Waals surface area contributed by atoms with Gasteiger partial charge in [0.05, 0.1) is 24.0 Å². The standard InChI is InChI=1S/C22H28N4O2/c1-4-6-13-26-19-14-17(28-3)11-12-18(19)20(23)21(26)15-7-9-16(10-8-15)25-22(27)24-5-2/h7-12,14H,4-6,13,23H2,1-3H3,(H2,24,25,27). The number of aryl methyl sites for hydroxylation is 1. The highest BCUT2D eigenvalue weighted by atomic mass is 16.5. The highest BCUT2D eigenvalue weighted by Gasteiger charge is 2.17.